The number of pyridine rings is 1. The summed E-state index contributed by atoms with van der Waals surface area (Å²) in [4.78, 5) is 57.6. The summed E-state index contributed by atoms with van der Waals surface area (Å²) in [6.45, 7) is 15.8. The van der Waals surface area contributed by atoms with Crippen molar-refractivity contribution >= 4 is 56.5 Å². The van der Waals surface area contributed by atoms with E-state index in [1.54, 1.807) is 11.3 Å². The van der Waals surface area contributed by atoms with Crippen molar-refractivity contribution in [3.05, 3.63) is 101 Å². The number of aromatic hydroxyl groups is 1. The first-order chi connectivity index (χ1) is 35.8. The number of thiazole rings is 1. The summed E-state index contributed by atoms with van der Waals surface area (Å²) in [6, 6.07) is 19.9. The molecule has 4 N–H and O–H groups in total. The third kappa shape index (κ3) is 8.88. The number of aromatic nitrogens is 5. The van der Waals surface area contributed by atoms with E-state index in [1.807, 2.05) is 87.9 Å². The van der Waals surface area contributed by atoms with Gasteiger partial charge in [0.1, 0.15) is 30.1 Å². The van der Waals surface area contributed by atoms with Crippen molar-refractivity contribution in [1.82, 2.24) is 45.5 Å². The van der Waals surface area contributed by atoms with Gasteiger partial charge >= 0.3 is 6.01 Å². The number of likely N-dealkylation sites (tertiary alicyclic amines) is 1. The Hall–Kier alpha value is -6.73. The molecule has 7 atom stereocenters. The third-order valence-electron chi connectivity index (χ3n) is 16.1. The molecule has 17 nitrogen and oxygen atoms in total. The molecule has 7 aromatic rings. The molecular formula is C56H63N11O6S. The summed E-state index contributed by atoms with van der Waals surface area (Å²) in [6.07, 6.45) is 3.53. The second-order valence-electron chi connectivity index (χ2n) is 21.3. The number of benzene rings is 3. The third-order valence-corrected chi connectivity index (χ3v) is 17.1. The number of carbonyl (C=O) groups excluding carboxylic acids is 2. The van der Waals surface area contributed by atoms with Crippen LogP contribution in [0.1, 0.15) is 93.0 Å². The van der Waals surface area contributed by atoms with Crippen molar-refractivity contribution in [2.45, 2.75) is 96.0 Å². The Kier molecular flexibility index (Phi) is 12.7. The highest BCUT2D eigenvalue weighted by Crippen LogP contribution is 2.49. The second-order valence-corrected chi connectivity index (χ2v) is 22.2. The van der Waals surface area contributed by atoms with E-state index in [4.69, 9.17) is 24.2 Å². The first kappa shape index (κ1) is 48.2. The van der Waals surface area contributed by atoms with Gasteiger partial charge in [-0.1, -0.05) is 68.4 Å². The lowest BCUT2D eigenvalue weighted by Crippen LogP contribution is -2.51. The van der Waals surface area contributed by atoms with Crippen molar-refractivity contribution in [3.63, 3.8) is 0 Å². The number of nitrogens with zero attached hydrogens (tertiary/aromatic N) is 9. The van der Waals surface area contributed by atoms with Crippen LogP contribution in [0, 0.1) is 12.8 Å². The van der Waals surface area contributed by atoms with Crippen molar-refractivity contribution in [3.8, 4) is 33.5 Å². The normalized spacial score (nSPS) is 22.4. The number of carbonyl (C=O) groups is 2. The van der Waals surface area contributed by atoms with Crippen molar-refractivity contribution in [1.29, 1.82) is 0 Å². The van der Waals surface area contributed by atoms with Crippen molar-refractivity contribution in [2.24, 2.45) is 5.92 Å². The average Bonchev–Trinajstić information content (AvgIpc) is 4.23. The molecule has 74 heavy (non-hydrogen) atoms. The zero-order chi connectivity index (χ0) is 50.9. The molecule has 4 aromatic heterocycles. The highest BCUT2D eigenvalue weighted by atomic mass is 32.1. The molecule has 4 fully saturated rings. The fraction of sp³-hybridized carbons (Fsp3) is 0.446. The van der Waals surface area contributed by atoms with Gasteiger partial charge in [0.2, 0.25) is 11.8 Å². The Balaban J connectivity index is 0.703. The molecule has 12 rings (SSSR count). The van der Waals surface area contributed by atoms with Gasteiger partial charge in [-0.2, -0.15) is 9.97 Å². The number of anilines is 2. The molecule has 1 aliphatic carbocycles. The lowest BCUT2D eigenvalue weighted by atomic mass is 9.79. The lowest BCUT2D eigenvalue weighted by molar-refractivity contribution is -0.141. The molecule has 4 aliphatic heterocycles. The fourth-order valence-corrected chi connectivity index (χ4v) is 13.1. The quantitative estimate of drug-likeness (QED) is 0.0907. The van der Waals surface area contributed by atoms with Gasteiger partial charge in [-0.05, 0) is 72.2 Å². The van der Waals surface area contributed by atoms with Gasteiger partial charge in [0, 0.05) is 100 Å². The standard InChI is InChI=1S/C56H63N11O6S/c1-30(2)47(55(71)67-28-40(69)23-44(67)54(70)59-32(4)34-9-11-35(12-10-34)52-33(5)58-29-74-52)45-24-46(63-73-45)65-17-15-64(16-18-65)19-20-72-56-61-51-43(53(62-56)66-26-37-13-14-38(27-66)60-37)25-57-50-42-22-39(68)21-36-7-6-8-41(49(36)42)31(3)48(50)51/h6-12,21-22,24-25,29-32,37-38,40,44,47,60,68-69H,13-20,23,26-28H2,1-5H3,(H,59,70)/t31?,32-,37?,38?,40+,44-,47-/m0/s1. The molecule has 5 aliphatic rings. The number of aliphatic hydroxyl groups excluding tert-OH is 1. The Morgan fingerprint density at radius 3 is 2.49 bits per heavy atom. The van der Waals surface area contributed by atoms with Crippen LogP contribution in [0.4, 0.5) is 11.6 Å². The number of amides is 2. The average molecular weight is 1020 g/mol. The van der Waals surface area contributed by atoms with Crippen LogP contribution in [-0.2, 0) is 9.59 Å². The summed E-state index contributed by atoms with van der Waals surface area (Å²) in [5.41, 5.74) is 9.59. The molecule has 0 spiro atoms. The molecule has 2 bridgehead atoms. The van der Waals surface area contributed by atoms with Crippen LogP contribution in [0.2, 0.25) is 0 Å². The van der Waals surface area contributed by atoms with Gasteiger partial charge in [-0.25, -0.2) is 4.98 Å². The van der Waals surface area contributed by atoms with Crippen LogP contribution in [0.25, 0.3) is 43.4 Å². The number of hydrogen-bond acceptors (Lipinski definition) is 16. The summed E-state index contributed by atoms with van der Waals surface area (Å²) < 4.78 is 12.5. The largest absolute Gasteiger partial charge is 0.508 e. The topological polar surface area (TPSA) is 198 Å². The highest BCUT2D eigenvalue weighted by molar-refractivity contribution is 7.13. The maximum Gasteiger partial charge on any atom is 0.319 e. The van der Waals surface area contributed by atoms with Crippen molar-refractivity contribution < 1.29 is 29.1 Å². The predicted molar refractivity (Wildman–Crippen MR) is 285 cm³/mol. The van der Waals surface area contributed by atoms with Gasteiger partial charge in [0.15, 0.2) is 11.6 Å². The van der Waals surface area contributed by atoms with E-state index in [-0.39, 0.29) is 48.4 Å². The van der Waals surface area contributed by atoms with Gasteiger partial charge in [-0.3, -0.25) is 19.5 Å². The van der Waals surface area contributed by atoms with Gasteiger partial charge in [0.25, 0.3) is 0 Å². The number of hydrogen-bond donors (Lipinski definition) is 4. The first-order valence-corrected chi connectivity index (χ1v) is 27.1. The smallest absolute Gasteiger partial charge is 0.319 e. The van der Waals surface area contributed by atoms with E-state index in [0.717, 1.165) is 105 Å². The molecule has 384 valence electrons. The molecule has 0 saturated carbocycles. The van der Waals surface area contributed by atoms with E-state index in [0.29, 0.717) is 55.9 Å². The fourth-order valence-electron chi connectivity index (χ4n) is 12.3. The summed E-state index contributed by atoms with van der Waals surface area (Å²) in [7, 11) is 0. The monoisotopic (exact) mass is 1020 g/mol. The Morgan fingerprint density at radius 1 is 0.959 bits per heavy atom. The maximum atomic E-state index is 14.5. The minimum atomic E-state index is -0.826. The minimum Gasteiger partial charge on any atom is -0.508 e. The Bertz CT molecular complexity index is 3250. The molecule has 4 saturated heterocycles. The molecule has 8 heterocycles. The van der Waals surface area contributed by atoms with Crippen LogP contribution in [0.5, 0.6) is 11.8 Å². The number of aliphatic hydroxyl groups is 1. The Labute approximate surface area is 433 Å². The number of rotatable bonds is 13. The number of β-amino-alcohol motifs (C(OH)–C–C–N with tert-alkyl or cyclic N) is 1. The number of ether oxygens (including phenoxy) is 1. The zero-order valence-electron chi connectivity index (χ0n) is 42.5. The number of fused-ring (bicyclic) bond motifs is 6. The van der Waals surface area contributed by atoms with Crippen LogP contribution < -0.4 is 25.2 Å². The van der Waals surface area contributed by atoms with Crippen LogP contribution in [-0.4, -0.2) is 140 Å². The van der Waals surface area contributed by atoms with E-state index in [9.17, 15) is 19.8 Å². The van der Waals surface area contributed by atoms with Gasteiger partial charge < -0.3 is 44.8 Å². The minimum absolute atomic E-state index is 0.000303. The summed E-state index contributed by atoms with van der Waals surface area (Å²) in [5, 5.41) is 36.0. The van der Waals surface area contributed by atoms with Crippen LogP contribution in [0.15, 0.2) is 76.9 Å². The van der Waals surface area contributed by atoms with E-state index in [2.05, 4.69) is 54.5 Å². The highest BCUT2D eigenvalue weighted by Gasteiger charge is 2.44. The number of nitrogens with one attached hydrogen (secondary N) is 2. The van der Waals surface area contributed by atoms with Crippen LogP contribution >= 0.6 is 11.3 Å². The molecule has 0 radical (unpaired) electrons. The number of phenolic OH excluding ortho intramolecular Hbond substituents is 1. The summed E-state index contributed by atoms with van der Waals surface area (Å²) in [5.74, 6) is 0.729. The van der Waals surface area contributed by atoms with Crippen LogP contribution in [0.3, 0.4) is 0 Å². The van der Waals surface area contributed by atoms with Crippen molar-refractivity contribution in [2.75, 3.05) is 68.8 Å². The Morgan fingerprint density at radius 2 is 1.74 bits per heavy atom. The number of aryl methyl sites for hydroxylation is 1. The zero-order valence-corrected chi connectivity index (χ0v) is 43.3. The van der Waals surface area contributed by atoms with Gasteiger partial charge in [-0.15, -0.1) is 11.3 Å². The first-order valence-electron chi connectivity index (χ1n) is 26.2. The molecular weight excluding hydrogens is 955 g/mol. The second kappa shape index (κ2) is 19.5. The van der Waals surface area contributed by atoms with E-state index in [1.165, 1.54) is 10.5 Å². The number of phenols is 1. The lowest BCUT2D eigenvalue weighted by Gasteiger charge is -2.35. The molecule has 2 amide bonds. The predicted octanol–water partition coefficient (Wildman–Crippen LogP) is 7.16. The maximum absolute atomic E-state index is 14.5. The SMILES string of the molecule is Cc1ncsc1-c1ccc([C@H](C)NC(=O)[C@@H]2C[C@@H](O)CN2C(=O)[C@H](c2cc(N3CCN(CCOc4nc(N5CC6CCC(C5)N6)c5cnc6c(c5n4)C(C)c4cccc5cc(O)cc-6c45)CC3)no2)C(C)C)cc1. The molecule has 3 unspecified atom stereocenters. The molecule has 18 heteroatoms. The summed E-state index contributed by atoms with van der Waals surface area (Å²) >= 11 is 1.59. The van der Waals surface area contributed by atoms with E-state index < -0.39 is 18.1 Å². The van der Waals surface area contributed by atoms with E-state index >= 15 is 0 Å². The van der Waals surface area contributed by atoms with Gasteiger partial charge in [0.05, 0.1) is 44.8 Å². The number of piperazine rings is 2. The molecule has 3 aromatic carbocycles.